The van der Waals surface area contributed by atoms with Crippen molar-refractivity contribution in [3.63, 3.8) is 0 Å². The fourth-order valence-corrected chi connectivity index (χ4v) is 2.21. The smallest absolute Gasteiger partial charge is 0.186 e. The Labute approximate surface area is 137 Å². The molecule has 0 aliphatic carbocycles. The van der Waals surface area contributed by atoms with Crippen LogP contribution in [0.2, 0.25) is 10.2 Å². The molecule has 0 bridgehead atoms. The number of thiocarbonyl (C=S) groups is 1. The average Bonchev–Trinajstić information content (AvgIpc) is 2.75. The first-order chi connectivity index (χ1) is 10.0. The minimum atomic E-state index is 0.419. The summed E-state index contributed by atoms with van der Waals surface area (Å²) in [5.74, 6) is 0. The van der Waals surface area contributed by atoms with Gasteiger partial charge in [0.25, 0.3) is 0 Å². The lowest BCUT2D eigenvalue weighted by atomic mass is 10.3. The number of hydrazone groups is 1. The Kier molecular flexibility index (Phi) is 5.17. The van der Waals surface area contributed by atoms with Crippen LogP contribution in [0.1, 0.15) is 11.3 Å². The molecular weight excluding hydrogens is 329 g/mol. The second-order valence-corrected chi connectivity index (χ2v) is 5.33. The van der Waals surface area contributed by atoms with Crippen LogP contribution in [0.25, 0.3) is 5.69 Å². The third-order valence-electron chi connectivity index (χ3n) is 2.69. The highest BCUT2D eigenvalue weighted by Crippen LogP contribution is 2.23. The van der Waals surface area contributed by atoms with Crippen LogP contribution < -0.4 is 10.7 Å². The fraction of sp³-hybridized carbons (Fsp3) is 0.154. The summed E-state index contributed by atoms with van der Waals surface area (Å²) in [6.07, 6.45) is 1.58. The van der Waals surface area contributed by atoms with Gasteiger partial charge in [0.05, 0.1) is 23.2 Å². The van der Waals surface area contributed by atoms with Gasteiger partial charge in [-0.05, 0) is 37.3 Å². The summed E-state index contributed by atoms with van der Waals surface area (Å²) in [5, 5.41) is 12.7. The zero-order chi connectivity index (χ0) is 15.4. The standard InChI is InChI=1S/C13H13Cl2N5S/c1-8-11(7-17-18-13(21)16-2)12(15)20(19-8)10-5-3-4-9(14)6-10/h3-7H,1-2H3,(H2,16,18,21). The zero-order valence-electron chi connectivity index (χ0n) is 11.4. The molecule has 1 aromatic heterocycles. The zero-order valence-corrected chi connectivity index (χ0v) is 13.7. The molecule has 1 aromatic carbocycles. The quantitative estimate of drug-likeness (QED) is 0.512. The Morgan fingerprint density at radius 2 is 2.19 bits per heavy atom. The Bertz CT molecular complexity index is 696. The van der Waals surface area contributed by atoms with Crippen molar-refractivity contribution in [2.75, 3.05) is 7.05 Å². The van der Waals surface area contributed by atoms with Crippen molar-refractivity contribution >= 4 is 46.7 Å². The largest absolute Gasteiger partial charge is 0.364 e. The van der Waals surface area contributed by atoms with Crippen molar-refractivity contribution in [2.24, 2.45) is 5.10 Å². The van der Waals surface area contributed by atoms with E-state index in [1.54, 1.807) is 30.1 Å². The summed E-state index contributed by atoms with van der Waals surface area (Å²) in [5.41, 5.74) is 4.91. The summed E-state index contributed by atoms with van der Waals surface area (Å²) in [7, 11) is 1.71. The minimum absolute atomic E-state index is 0.419. The number of halogens is 2. The number of nitrogens with zero attached hydrogens (tertiary/aromatic N) is 3. The second-order valence-electron chi connectivity index (χ2n) is 4.13. The summed E-state index contributed by atoms with van der Waals surface area (Å²) >= 11 is 17.3. The Morgan fingerprint density at radius 1 is 1.43 bits per heavy atom. The maximum absolute atomic E-state index is 6.36. The lowest BCUT2D eigenvalue weighted by molar-refractivity contribution is 0.863. The van der Waals surface area contributed by atoms with Gasteiger partial charge < -0.3 is 5.32 Å². The molecular formula is C13H13Cl2N5S. The molecule has 8 heteroatoms. The van der Waals surface area contributed by atoms with E-state index in [9.17, 15) is 0 Å². The third-order valence-corrected chi connectivity index (χ3v) is 3.58. The van der Waals surface area contributed by atoms with Crippen LogP contribution in [0.4, 0.5) is 0 Å². The van der Waals surface area contributed by atoms with Crippen LogP contribution in [-0.4, -0.2) is 28.2 Å². The topological polar surface area (TPSA) is 54.2 Å². The van der Waals surface area contributed by atoms with Crippen molar-refractivity contribution in [1.82, 2.24) is 20.5 Å². The molecule has 21 heavy (non-hydrogen) atoms. The lowest BCUT2D eigenvalue weighted by Gasteiger charge is -2.03. The molecule has 5 nitrogen and oxygen atoms in total. The van der Waals surface area contributed by atoms with Crippen molar-refractivity contribution < 1.29 is 0 Å². The highest BCUT2D eigenvalue weighted by molar-refractivity contribution is 7.80. The lowest BCUT2D eigenvalue weighted by Crippen LogP contribution is -2.28. The van der Waals surface area contributed by atoms with Crippen LogP contribution in [-0.2, 0) is 0 Å². The van der Waals surface area contributed by atoms with E-state index in [-0.39, 0.29) is 0 Å². The number of rotatable bonds is 3. The summed E-state index contributed by atoms with van der Waals surface area (Å²) in [6.45, 7) is 1.85. The number of hydrogen-bond acceptors (Lipinski definition) is 3. The van der Waals surface area contributed by atoms with E-state index < -0.39 is 0 Å². The monoisotopic (exact) mass is 341 g/mol. The number of aryl methyl sites for hydroxylation is 1. The molecule has 0 fully saturated rings. The van der Waals surface area contributed by atoms with Crippen LogP contribution >= 0.6 is 35.4 Å². The normalized spacial score (nSPS) is 10.9. The molecule has 0 saturated heterocycles. The first-order valence-corrected chi connectivity index (χ1v) is 7.21. The fourth-order valence-electron chi connectivity index (χ4n) is 1.65. The number of benzene rings is 1. The van der Waals surface area contributed by atoms with Crippen molar-refractivity contribution in [3.8, 4) is 5.69 Å². The first kappa shape index (κ1) is 15.8. The van der Waals surface area contributed by atoms with Gasteiger partial charge in [0, 0.05) is 12.1 Å². The molecule has 0 amide bonds. The highest BCUT2D eigenvalue weighted by atomic mass is 35.5. The molecule has 2 rings (SSSR count). The van der Waals surface area contributed by atoms with E-state index in [0.717, 1.165) is 11.4 Å². The predicted molar refractivity (Wildman–Crippen MR) is 90.7 cm³/mol. The van der Waals surface area contributed by atoms with Crippen molar-refractivity contribution in [1.29, 1.82) is 0 Å². The second kappa shape index (κ2) is 6.89. The molecule has 0 saturated carbocycles. The van der Waals surface area contributed by atoms with Gasteiger partial charge in [-0.15, -0.1) is 0 Å². The Hall–Kier alpha value is -1.63. The molecule has 0 spiro atoms. The van der Waals surface area contributed by atoms with Crippen LogP contribution in [0.15, 0.2) is 29.4 Å². The maximum atomic E-state index is 6.36. The molecule has 0 aliphatic heterocycles. The molecule has 0 aliphatic rings. The van der Waals surface area contributed by atoms with Gasteiger partial charge in [-0.1, -0.05) is 29.3 Å². The van der Waals surface area contributed by atoms with Crippen LogP contribution in [0.3, 0.4) is 0 Å². The van der Waals surface area contributed by atoms with Gasteiger partial charge in [-0.25, -0.2) is 4.68 Å². The van der Waals surface area contributed by atoms with Crippen molar-refractivity contribution in [3.05, 3.63) is 45.7 Å². The van der Waals surface area contributed by atoms with Gasteiger partial charge in [-0.2, -0.15) is 10.2 Å². The molecule has 2 aromatic rings. The van der Waals surface area contributed by atoms with Gasteiger partial charge >= 0.3 is 0 Å². The molecule has 0 atom stereocenters. The third kappa shape index (κ3) is 3.72. The summed E-state index contributed by atoms with van der Waals surface area (Å²) in [4.78, 5) is 0. The van der Waals surface area contributed by atoms with E-state index in [4.69, 9.17) is 35.4 Å². The average molecular weight is 342 g/mol. The molecule has 0 unspecified atom stereocenters. The number of nitrogens with one attached hydrogen (secondary N) is 2. The number of hydrogen-bond donors (Lipinski definition) is 2. The predicted octanol–water partition coefficient (Wildman–Crippen LogP) is 2.92. The van der Waals surface area contributed by atoms with E-state index in [2.05, 4.69) is 20.9 Å². The van der Waals surface area contributed by atoms with Gasteiger partial charge in [-0.3, -0.25) is 5.43 Å². The van der Waals surface area contributed by atoms with Gasteiger partial charge in [0.2, 0.25) is 0 Å². The van der Waals surface area contributed by atoms with E-state index in [1.807, 2.05) is 19.1 Å². The molecule has 0 radical (unpaired) electrons. The molecule has 2 N–H and O–H groups in total. The van der Waals surface area contributed by atoms with E-state index in [1.165, 1.54) is 0 Å². The number of aromatic nitrogens is 2. The van der Waals surface area contributed by atoms with E-state index in [0.29, 0.717) is 20.9 Å². The highest BCUT2D eigenvalue weighted by Gasteiger charge is 2.13. The Balaban J connectivity index is 2.32. The summed E-state index contributed by atoms with van der Waals surface area (Å²) < 4.78 is 1.61. The van der Waals surface area contributed by atoms with E-state index >= 15 is 0 Å². The molecule has 110 valence electrons. The van der Waals surface area contributed by atoms with Gasteiger partial charge in [0.1, 0.15) is 5.15 Å². The van der Waals surface area contributed by atoms with Gasteiger partial charge in [0.15, 0.2) is 5.11 Å². The first-order valence-electron chi connectivity index (χ1n) is 6.04. The minimum Gasteiger partial charge on any atom is -0.364 e. The maximum Gasteiger partial charge on any atom is 0.186 e. The molecule has 1 heterocycles. The Morgan fingerprint density at radius 3 is 2.86 bits per heavy atom. The van der Waals surface area contributed by atoms with Crippen LogP contribution in [0, 0.1) is 6.92 Å². The van der Waals surface area contributed by atoms with Crippen LogP contribution in [0.5, 0.6) is 0 Å². The summed E-state index contributed by atoms with van der Waals surface area (Å²) in [6, 6.07) is 7.29. The van der Waals surface area contributed by atoms with Crippen molar-refractivity contribution in [2.45, 2.75) is 6.92 Å². The SMILES string of the molecule is CNC(=S)NN=Cc1c(C)nn(-c2cccc(Cl)c2)c1Cl.